The largest absolute Gasteiger partial charge is 0.395 e. The Morgan fingerprint density at radius 3 is 3.06 bits per heavy atom. The second-order valence-electron chi connectivity index (χ2n) is 4.79. The Balaban J connectivity index is 2.13. The molecule has 1 atom stereocenters. The number of aliphatic hydroxyl groups is 1. The normalized spacial score (nSPS) is 15.3. The second-order valence-corrected chi connectivity index (χ2v) is 4.79. The Morgan fingerprint density at radius 2 is 2.33 bits per heavy atom. The lowest BCUT2D eigenvalue weighted by molar-refractivity contribution is 0.0848. The van der Waals surface area contributed by atoms with Crippen molar-refractivity contribution in [3.8, 4) is 0 Å². The number of anilines is 1. The van der Waals surface area contributed by atoms with Crippen LogP contribution < -0.4 is 5.32 Å². The number of rotatable bonds is 5. The molecule has 4 nitrogen and oxygen atoms in total. The highest BCUT2D eigenvalue weighted by atomic mass is 16.3. The van der Waals surface area contributed by atoms with Crippen molar-refractivity contribution in [2.24, 2.45) is 0 Å². The van der Waals surface area contributed by atoms with Crippen molar-refractivity contribution in [1.82, 2.24) is 4.90 Å². The number of benzene rings is 1. The van der Waals surface area contributed by atoms with Crippen LogP contribution in [0.15, 0.2) is 18.2 Å². The minimum Gasteiger partial charge on any atom is -0.395 e. The van der Waals surface area contributed by atoms with E-state index in [1.807, 2.05) is 37.1 Å². The van der Waals surface area contributed by atoms with Crippen LogP contribution in [0.25, 0.3) is 0 Å². The smallest absolute Gasteiger partial charge is 0.179 e. The Labute approximate surface area is 108 Å². The van der Waals surface area contributed by atoms with Gasteiger partial charge in [-0.15, -0.1) is 0 Å². The standard InChI is InChI=1S/C14H20N2O2/c1-10(16(2)7-8-17)14(18)12-3-4-13-11(9-12)5-6-15-13/h3-4,9-10,15,17H,5-8H2,1-2H3. The maximum atomic E-state index is 12.3. The highest BCUT2D eigenvalue weighted by Gasteiger charge is 2.20. The third-order valence-electron chi connectivity index (χ3n) is 3.59. The van der Waals surface area contributed by atoms with Gasteiger partial charge in [0.1, 0.15) is 0 Å². The van der Waals surface area contributed by atoms with E-state index in [1.165, 1.54) is 5.56 Å². The molecule has 18 heavy (non-hydrogen) atoms. The fraction of sp³-hybridized carbons (Fsp3) is 0.500. The molecule has 0 bridgehead atoms. The van der Waals surface area contributed by atoms with Gasteiger partial charge in [-0.05, 0) is 44.2 Å². The van der Waals surface area contributed by atoms with E-state index in [4.69, 9.17) is 5.11 Å². The Morgan fingerprint density at radius 1 is 1.56 bits per heavy atom. The van der Waals surface area contributed by atoms with Crippen molar-refractivity contribution in [2.75, 3.05) is 32.1 Å². The van der Waals surface area contributed by atoms with E-state index in [2.05, 4.69) is 5.32 Å². The van der Waals surface area contributed by atoms with Gasteiger partial charge in [0, 0.05) is 24.3 Å². The van der Waals surface area contributed by atoms with Gasteiger partial charge in [0.15, 0.2) is 5.78 Å². The lowest BCUT2D eigenvalue weighted by atomic mass is 10.0. The van der Waals surface area contributed by atoms with Crippen LogP contribution in [0.1, 0.15) is 22.8 Å². The first-order chi connectivity index (χ1) is 8.63. The van der Waals surface area contributed by atoms with Crippen LogP contribution >= 0.6 is 0 Å². The molecule has 2 N–H and O–H groups in total. The van der Waals surface area contributed by atoms with Gasteiger partial charge in [-0.1, -0.05) is 0 Å². The molecule has 1 aliphatic heterocycles. The van der Waals surface area contributed by atoms with E-state index >= 15 is 0 Å². The number of hydrogen-bond acceptors (Lipinski definition) is 4. The highest BCUT2D eigenvalue weighted by molar-refractivity contribution is 6.00. The van der Waals surface area contributed by atoms with Crippen molar-refractivity contribution < 1.29 is 9.90 Å². The molecule has 0 spiro atoms. The molecule has 0 fully saturated rings. The van der Waals surface area contributed by atoms with Gasteiger partial charge in [-0.25, -0.2) is 0 Å². The molecular formula is C14H20N2O2. The van der Waals surface area contributed by atoms with E-state index < -0.39 is 0 Å². The second kappa shape index (κ2) is 5.50. The molecule has 0 aliphatic carbocycles. The van der Waals surface area contributed by atoms with Crippen molar-refractivity contribution >= 4 is 11.5 Å². The molecule has 0 radical (unpaired) electrons. The Bertz CT molecular complexity index is 445. The Hall–Kier alpha value is -1.39. The molecular weight excluding hydrogens is 228 g/mol. The summed E-state index contributed by atoms with van der Waals surface area (Å²) < 4.78 is 0. The highest BCUT2D eigenvalue weighted by Crippen LogP contribution is 2.23. The number of ketones is 1. The summed E-state index contributed by atoms with van der Waals surface area (Å²) in [7, 11) is 1.85. The van der Waals surface area contributed by atoms with Crippen LogP contribution in [0, 0.1) is 0 Å². The molecule has 0 aromatic heterocycles. The Kier molecular flexibility index (Phi) is 3.99. The van der Waals surface area contributed by atoms with Crippen LogP contribution in [0.5, 0.6) is 0 Å². The molecule has 1 unspecified atom stereocenters. The van der Waals surface area contributed by atoms with Crippen LogP contribution in [-0.4, -0.2) is 48.6 Å². The van der Waals surface area contributed by atoms with Crippen molar-refractivity contribution in [3.63, 3.8) is 0 Å². The van der Waals surface area contributed by atoms with Crippen molar-refractivity contribution in [1.29, 1.82) is 0 Å². The minimum absolute atomic E-state index is 0.0717. The number of fused-ring (bicyclic) bond motifs is 1. The maximum Gasteiger partial charge on any atom is 0.179 e. The monoisotopic (exact) mass is 248 g/mol. The van der Waals surface area contributed by atoms with Gasteiger partial charge in [-0.2, -0.15) is 0 Å². The number of likely N-dealkylation sites (N-methyl/N-ethyl adjacent to an activating group) is 1. The lowest BCUT2D eigenvalue weighted by Gasteiger charge is -2.22. The minimum atomic E-state index is -0.204. The van der Waals surface area contributed by atoms with Crippen LogP contribution in [0.4, 0.5) is 5.69 Å². The number of Topliss-reactive ketones (excluding diaryl/α,β-unsaturated/α-hetero) is 1. The summed E-state index contributed by atoms with van der Waals surface area (Å²) in [6, 6.07) is 5.64. The SMILES string of the molecule is CC(C(=O)c1ccc2c(c1)CCN2)N(C)CCO. The van der Waals surface area contributed by atoms with E-state index in [0.29, 0.717) is 6.54 Å². The summed E-state index contributed by atoms with van der Waals surface area (Å²) >= 11 is 0. The van der Waals surface area contributed by atoms with Gasteiger partial charge in [-0.3, -0.25) is 9.69 Å². The molecule has 4 heteroatoms. The first-order valence-electron chi connectivity index (χ1n) is 6.35. The fourth-order valence-electron chi connectivity index (χ4n) is 2.25. The van der Waals surface area contributed by atoms with Gasteiger partial charge in [0.25, 0.3) is 0 Å². The molecule has 2 rings (SSSR count). The number of hydrogen-bond donors (Lipinski definition) is 2. The molecule has 1 aliphatic rings. The number of nitrogens with zero attached hydrogens (tertiary/aromatic N) is 1. The predicted molar refractivity (Wildman–Crippen MR) is 72.1 cm³/mol. The zero-order valence-corrected chi connectivity index (χ0v) is 10.9. The summed E-state index contributed by atoms with van der Waals surface area (Å²) in [4.78, 5) is 14.2. The molecule has 1 aromatic rings. The average Bonchev–Trinajstić information content (AvgIpc) is 2.84. The summed E-state index contributed by atoms with van der Waals surface area (Å²) in [6.45, 7) is 3.41. The zero-order valence-electron chi connectivity index (χ0n) is 10.9. The van der Waals surface area contributed by atoms with Crippen LogP contribution in [-0.2, 0) is 6.42 Å². The molecule has 98 valence electrons. The van der Waals surface area contributed by atoms with Crippen molar-refractivity contribution in [2.45, 2.75) is 19.4 Å². The van der Waals surface area contributed by atoms with Gasteiger partial charge in [0.05, 0.1) is 12.6 Å². The van der Waals surface area contributed by atoms with Gasteiger partial charge in [0.2, 0.25) is 0 Å². The molecule has 1 aromatic carbocycles. The summed E-state index contributed by atoms with van der Waals surface area (Å²) in [6.07, 6.45) is 0.983. The molecule has 0 saturated carbocycles. The topological polar surface area (TPSA) is 52.6 Å². The summed E-state index contributed by atoms with van der Waals surface area (Å²) in [5, 5.41) is 12.2. The predicted octanol–water partition coefficient (Wildman–Crippen LogP) is 1.15. The maximum absolute atomic E-state index is 12.3. The third-order valence-corrected chi connectivity index (χ3v) is 3.59. The summed E-state index contributed by atoms with van der Waals surface area (Å²) in [5.41, 5.74) is 3.12. The van der Waals surface area contributed by atoms with E-state index in [-0.39, 0.29) is 18.4 Å². The number of nitrogens with one attached hydrogen (secondary N) is 1. The zero-order chi connectivity index (χ0) is 13.1. The van der Waals surface area contributed by atoms with E-state index in [0.717, 1.165) is 24.2 Å². The number of carbonyl (C=O) groups is 1. The quantitative estimate of drug-likeness (QED) is 0.768. The lowest BCUT2D eigenvalue weighted by Crippen LogP contribution is -2.37. The number of carbonyl (C=O) groups excluding carboxylic acids is 1. The average molecular weight is 248 g/mol. The van der Waals surface area contributed by atoms with Crippen molar-refractivity contribution in [3.05, 3.63) is 29.3 Å². The van der Waals surface area contributed by atoms with Gasteiger partial charge >= 0.3 is 0 Å². The van der Waals surface area contributed by atoms with Crippen LogP contribution in [0.3, 0.4) is 0 Å². The first kappa shape index (κ1) is 13.1. The fourth-order valence-corrected chi connectivity index (χ4v) is 2.25. The summed E-state index contributed by atoms with van der Waals surface area (Å²) in [5.74, 6) is 0.112. The first-order valence-corrected chi connectivity index (χ1v) is 6.35. The van der Waals surface area contributed by atoms with E-state index in [1.54, 1.807) is 0 Å². The molecule has 0 amide bonds. The number of aliphatic hydroxyl groups excluding tert-OH is 1. The molecule has 0 saturated heterocycles. The van der Waals surface area contributed by atoms with E-state index in [9.17, 15) is 4.79 Å². The van der Waals surface area contributed by atoms with Gasteiger partial charge < -0.3 is 10.4 Å². The third kappa shape index (κ3) is 2.54. The van der Waals surface area contributed by atoms with Crippen LogP contribution in [0.2, 0.25) is 0 Å². The molecule has 1 heterocycles.